The van der Waals surface area contributed by atoms with E-state index in [0.29, 0.717) is 28.9 Å². The molecule has 1 aliphatic rings. The van der Waals surface area contributed by atoms with Crippen LogP contribution in [0.25, 0.3) is 0 Å². The Kier molecular flexibility index (Phi) is 5.16. The molecule has 0 bridgehead atoms. The molecule has 7 heteroatoms. The fourth-order valence-electron chi connectivity index (χ4n) is 2.67. The van der Waals surface area contributed by atoms with Crippen molar-refractivity contribution >= 4 is 40.7 Å². The lowest BCUT2D eigenvalue weighted by atomic mass is 10.1. The van der Waals surface area contributed by atoms with Gasteiger partial charge in [-0.05, 0) is 42.0 Å². The monoisotopic (exact) mass is 378 g/mol. The van der Waals surface area contributed by atoms with Gasteiger partial charge in [0.05, 0.1) is 16.0 Å². The van der Waals surface area contributed by atoms with Crippen LogP contribution in [0.15, 0.2) is 42.5 Å². The maximum absolute atomic E-state index is 12.0. The highest BCUT2D eigenvalue weighted by molar-refractivity contribution is 6.42. The molecule has 3 rings (SSSR count). The van der Waals surface area contributed by atoms with Gasteiger partial charge in [-0.3, -0.25) is 9.59 Å². The number of primary amides is 1. The van der Waals surface area contributed by atoms with Crippen molar-refractivity contribution in [2.75, 3.05) is 11.4 Å². The maximum atomic E-state index is 12.0. The molecule has 2 amide bonds. The van der Waals surface area contributed by atoms with Gasteiger partial charge in [-0.1, -0.05) is 29.3 Å². The molecule has 5 nitrogen and oxygen atoms in total. The summed E-state index contributed by atoms with van der Waals surface area (Å²) in [6, 6.07) is 12.4. The predicted molar refractivity (Wildman–Crippen MR) is 96.9 cm³/mol. The van der Waals surface area contributed by atoms with E-state index in [-0.39, 0.29) is 12.3 Å². The normalized spacial score (nSPS) is 17.0. The second kappa shape index (κ2) is 7.33. The van der Waals surface area contributed by atoms with Gasteiger partial charge in [-0.15, -0.1) is 0 Å². The third kappa shape index (κ3) is 4.06. The summed E-state index contributed by atoms with van der Waals surface area (Å²) in [5, 5.41) is 0.981. The Morgan fingerprint density at radius 1 is 1.16 bits per heavy atom. The van der Waals surface area contributed by atoms with Crippen molar-refractivity contribution < 1.29 is 14.3 Å². The molecule has 0 radical (unpaired) electrons. The molecule has 0 saturated carbocycles. The summed E-state index contributed by atoms with van der Waals surface area (Å²) >= 11 is 11.9. The van der Waals surface area contributed by atoms with Crippen molar-refractivity contribution in [2.45, 2.75) is 13.0 Å². The molecular formula is C18H16Cl2N2O3. The third-order valence-electron chi connectivity index (χ3n) is 4.07. The van der Waals surface area contributed by atoms with Crippen molar-refractivity contribution in [3.05, 3.63) is 58.1 Å². The van der Waals surface area contributed by atoms with Crippen LogP contribution < -0.4 is 15.4 Å². The average molecular weight is 379 g/mol. The maximum Gasteiger partial charge on any atom is 0.227 e. The molecule has 130 valence electrons. The van der Waals surface area contributed by atoms with Gasteiger partial charge in [0, 0.05) is 18.7 Å². The van der Waals surface area contributed by atoms with Crippen molar-refractivity contribution in [3.8, 4) is 5.75 Å². The van der Waals surface area contributed by atoms with Crippen LogP contribution in [0.4, 0.5) is 5.69 Å². The molecule has 1 fully saturated rings. The molecule has 0 aromatic heterocycles. The lowest BCUT2D eigenvalue weighted by molar-refractivity contribution is -0.123. The summed E-state index contributed by atoms with van der Waals surface area (Å²) in [7, 11) is 0. The van der Waals surface area contributed by atoms with Gasteiger partial charge in [0.1, 0.15) is 12.4 Å². The highest BCUT2D eigenvalue weighted by Crippen LogP contribution is 2.27. The van der Waals surface area contributed by atoms with Crippen molar-refractivity contribution in [2.24, 2.45) is 11.7 Å². The molecule has 1 saturated heterocycles. The van der Waals surface area contributed by atoms with Gasteiger partial charge < -0.3 is 15.4 Å². The highest BCUT2D eigenvalue weighted by Gasteiger charge is 2.33. The fraction of sp³-hybridized carbons (Fsp3) is 0.222. The number of amides is 2. The lowest BCUT2D eigenvalue weighted by Crippen LogP contribution is -2.28. The van der Waals surface area contributed by atoms with Crippen LogP contribution in [0, 0.1) is 5.92 Å². The van der Waals surface area contributed by atoms with Gasteiger partial charge in [-0.25, -0.2) is 0 Å². The Labute approximate surface area is 155 Å². The zero-order chi connectivity index (χ0) is 18.0. The lowest BCUT2D eigenvalue weighted by Gasteiger charge is -2.17. The first-order chi connectivity index (χ1) is 11.9. The molecule has 0 aliphatic carbocycles. The number of rotatable bonds is 5. The Bertz CT molecular complexity index is 808. The molecule has 1 heterocycles. The molecule has 1 atom stereocenters. The molecule has 2 aromatic carbocycles. The van der Waals surface area contributed by atoms with E-state index in [1.165, 1.54) is 0 Å². The van der Waals surface area contributed by atoms with Crippen molar-refractivity contribution in [1.29, 1.82) is 0 Å². The second-order valence-electron chi connectivity index (χ2n) is 5.84. The smallest absolute Gasteiger partial charge is 0.227 e. The van der Waals surface area contributed by atoms with E-state index in [1.54, 1.807) is 41.3 Å². The zero-order valence-corrected chi connectivity index (χ0v) is 14.8. The fourth-order valence-corrected chi connectivity index (χ4v) is 2.99. The van der Waals surface area contributed by atoms with Crippen molar-refractivity contribution in [1.82, 2.24) is 0 Å². The molecule has 0 spiro atoms. The number of carbonyl (C=O) groups excluding carboxylic acids is 2. The van der Waals surface area contributed by atoms with E-state index in [4.69, 9.17) is 33.7 Å². The highest BCUT2D eigenvalue weighted by atomic mass is 35.5. The van der Waals surface area contributed by atoms with Crippen molar-refractivity contribution in [3.63, 3.8) is 0 Å². The topological polar surface area (TPSA) is 72.6 Å². The first kappa shape index (κ1) is 17.6. The van der Waals surface area contributed by atoms with E-state index >= 15 is 0 Å². The van der Waals surface area contributed by atoms with Gasteiger partial charge in [0.15, 0.2) is 0 Å². The molecule has 2 N–H and O–H groups in total. The predicted octanol–water partition coefficient (Wildman–Crippen LogP) is 3.41. The van der Waals surface area contributed by atoms with E-state index in [0.717, 1.165) is 11.3 Å². The van der Waals surface area contributed by atoms with E-state index in [9.17, 15) is 9.59 Å². The number of benzene rings is 2. The van der Waals surface area contributed by atoms with Gasteiger partial charge in [0.2, 0.25) is 11.8 Å². The van der Waals surface area contributed by atoms with E-state index in [2.05, 4.69) is 0 Å². The van der Waals surface area contributed by atoms with Crippen LogP contribution in [0.1, 0.15) is 12.0 Å². The summed E-state index contributed by atoms with van der Waals surface area (Å²) in [6.07, 6.45) is 0.158. The largest absolute Gasteiger partial charge is 0.489 e. The number of nitrogens with two attached hydrogens (primary N) is 1. The summed E-state index contributed by atoms with van der Waals surface area (Å²) in [5.41, 5.74) is 6.90. The number of ether oxygens (including phenoxy) is 1. The number of anilines is 1. The summed E-state index contributed by atoms with van der Waals surface area (Å²) in [4.78, 5) is 24.8. The molecular weight excluding hydrogens is 363 g/mol. The first-order valence-corrected chi connectivity index (χ1v) is 8.46. The summed E-state index contributed by atoms with van der Waals surface area (Å²) in [5.74, 6) is -0.322. The number of carbonyl (C=O) groups is 2. The third-order valence-corrected chi connectivity index (χ3v) is 4.80. The standard InChI is InChI=1S/C18H16Cl2N2O3/c19-15-6-1-11(7-16(15)20)10-25-14-4-2-13(3-5-14)22-9-12(18(21)24)8-17(22)23/h1-7,12H,8-10H2,(H2,21,24). The summed E-state index contributed by atoms with van der Waals surface area (Å²) < 4.78 is 5.71. The number of hydrogen-bond acceptors (Lipinski definition) is 3. The SMILES string of the molecule is NC(=O)C1CC(=O)N(c2ccc(OCc3ccc(Cl)c(Cl)c3)cc2)C1. The van der Waals surface area contributed by atoms with Crippen LogP contribution in [-0.2, 0) is 16.2 Å². The minimum Gasteiger partial charge on any atom is -0.489 e. The average Bonchev–Trinajstić information content (AvgIpc) is 2.99. The molecule has 25 heavy (non-hydrogen) atoms. The van der Waals surface area contributed by atoms with Gasteiger partial charge in [-0.2, -0.15) is 0 Å². The van der Waals surface area contributed by atoms with Crippen LogP contribution in [0.3, 0.4) is 0 Å². The summed E-state index contributed by atoms with van der Waals surface area (Å²) in [6.45, 7) is 0.667. The van der Waals surface area contributed by atoms with Crippen LogP contribution in [-0.4, -0.2) is 18.4 Å². The molecule has 2 aromatic rings. The molecule has 1 aliphatic heterocycles. The quantitative estimate of drug-likeness (QED) is 0.866. The van der Waals surface area contributed by atoms with Crippen LogP contribution in [0.5, 0.6) is 5.75 Å². The molecule has 1 unspecified atom stereocenters. The number of halogens is 2. The number of nitrogens with zero attached hydrogens (tertiary/aromatic N) is 1. The van der Waals surface area contributed by atoms with E-state index in [1.807, 2.05) is 6.07 Å². The zero-order valence-electron chi connectivity index (χ0n) is 13.2. The minimum absolute atomic E-state index is 0.103. The van der Waals surface area contributed by atoms with E-state index < -0.39 is 11.8 Å². The minimum atomic E-state index is -0.447. The number of hydrogen-bond donors (Lipinski definition) is 1. The second-order valence-corrected chi connectivity index (χ2v) is 6.65. The van der Waals surface area contributed by atoms with Crippen LogP contribution in [0.2, 0.25) is 10.0 Å². The Hall–Kier alpha value is -2.24. The van der Waals surface area contributed by atoms with Crippen LogP contribution >= 0.6 is 23.2 Å². The Morgan fingerprint density at radius 2 is 1.88 bits per heavy atom. The van der Waals surface area contributed by atoms with Gasteiger partial charge in [0.25, 0.3) is 0 Å². The Balaban J connectivity index is 1.63. The Morgan fingerprint density at radius 3 is 2.48 bits per heavy atom. The first-order valence-electron chi connectivity index (χ1n) is 7.70. The van der Waals surface area contributed by atoms with Gasteiger partial charge >= 0.3 is 0 Å².